The van der Waals surface area contributed by atoms with E-state index in [1.165, 1.54) is 25.9 Å². The molecule has 0 amide bonds. The molecule has 2 rings (SSSR count). The topological polar surface area (TPSA) is 6.48 Å². The van der Waals surface area contributed by atoms with E-state index in [1.807, 2.05) is 0 Å². The molecule has 0 atom stereocenters. The highest BCUT2D eigenvalue weighted by molar-refractivity contribution is 5.22. The molecule has 2 nitrogen and oxygen atoms in total. The van der Waals surface area contributed by atoms with Gasteiger partial charge in [0.15, 0.2) is 0 Å². The SMILES string of the molecule is CC(C)N1CC=C(C(C)(C)N2CC=CCC2)CC1. The minimum Gasteiger partial charge on any atom is -0.297 e. The number of hydrogen-bond acceptors (Lipinski definition) is 2. The van der Waals surface area contributed by atoms with Gasteiger partial charge in [0.2, 0.25) is 0 Å². The van der Waals surface area contributed by atoms with Gasteiger partial charge in [0.1, 0.15) is 0 Å². The molecule has 2 aliphatic heterocycles. The Bertz CT molecular complexity index is 339. The summed E-state index contributed by atoms with van der Waals surface area (Å²) in [6.07, 6.45) is 9.53. The van der Waals surface area contributed by atoms with Crippen LogP contribution in [0.4, 0.5) is 0 Å². The third-order valence-electron chi connectivity index (χ3n) is 4.61. The maximum Gasteiger partial charge on any atom is 0.0368 e. The van der Waals surface area contributed by atoms with E-state index in [9.17, 15) is 0 Å². The van der Waals surface area contributed by atoms with Crippen molar-refractivity contribution in [1.29, 1.82) is 0 Å². The zero-order chi connectivity index (χ0) is 13.2. The van der Waals surface area contributed by atoms with Crippen molar-refractivity contribution in [2.75, 3.05) is 26.2 Å². The van der Waals surface area contributed by atoms with E-state index in [0.29, 0.717) is 6.04 Å². The van der Waals surface area contributed by atoms with Gasteiger partial charge in [-0.25, -0.2) is 0 Å². The predicted molar refractivity (Wildman–Crippen MR) is 78.8 cm³/mol. The lowest BCUT2D eigenvalue weighted by molar-refractivity contribution is 0.150. The lowest BCUT2D eigenvalue weighted by atomic mass is 9.86. The number of nitrogens with zero attached hydrogens (tertiary/aromatic N) is 2. The summed E-state index contributed by atoms with van der Waals surface area (Å²) in [5, 5.41) is 0. The van der Waals surface area contributed by atoms with Crippen LogP contribution in [0.1, 0.15) is 40.5 Å². The van der Waals surface area contributed by atoms with E-state index in [4.69, 9.17) is 0 Å². The Hall–Kier alpha value is -0.600. The second-order valence-electron chi connectivity index (χ2n) is 6.33. The van der Waals surface area contributed by atoms with Gasteiger partial charge in [-0.15, -0.1) is 0 Å². The lowest BCUT2D eigenvalue weighted by Crippen LogP contribution is -2.49. The van der Waals surface area contributed by atoms with Crippen molar-refractivity contribution in [2.45, 2.75) is 52.1 Å². The highest BCUT2D eigenvalue weighted by Crippen LogP contribution is 2.30. The van der Waals surface area contributed by atoms with Crippen LogP contribution < -0.4 is 0 Å². The summed E-state index contributed by atoms with van der Waals surface area (Å²) in [7, 11) is 0. The minimum absolute atomic E-state index is 0.230. The van der Waals surface area contributed by atoms with E-state index < -0.39 is 0 Å². The molecule has 0 bridgehead atoms. The van der Waals surface area contributed by atoms with Gasteiger partial charge in [-0.1, -0.05) is 23.8 Å². The predicted octanol–water partition coefficient (Wildman–Crippen LogP) is 3.07. The fourth-order valence-corrected chi connectivity index (χ4v) is 3.06. The highest BCUT2D eigenvalue weighted by atomic mass is 15.2. The third-order valence-corrected chi connectivity index (χ3v) is 4.61. The number of hydrogen-bond donors (Lipinski definition) is 0. The molecule has 0 fully saturated rings. The van der Waals surface area contributed by atoms with Gasteiger partial charge >= 0.3 is 0 Å². The van der Waals surface area contributed by atoms with Crippen molar-refractivity contribution in [2.24, 2.45) is 0 Å². The number of rotatable bonds is 3. The average molecular weight is 248 g/mol. The molecule has 18 heavy (non-hydrogen) atoms. The van der Waals surface area contributed by atoms with Gasteiger partial charge < -0.3 is 0 Å². The van der Waals surface area contributed by atoms with Crippen molar-refractivity contribution < 1.29 is 0 Å². The van der Waals surface area contributed by atoms with Crippen molar-refractivity contribution >= 4 is 0 Å². The molecule has 0 saturated carbocycles. The Morgan fingerprint density at radius 1 is 1.11 bits per heavy atom. The first kappa shape index (κ1) is 13.8. The molecule has 2 aliphatic rings. The molecule has 2 heterocycles. The zero-order valence-corrected chi connectivity index (χ0v) is 12.4. The van der Waals surface area contributed by atoms with Crippen molar-refractivity contribution in [3.8, 4) is 0 Å². The van der Waals surface area contributed by atoms with Gasteiger partial charge in [-0.2, -0.15) is 0 Å². The molecule has 0 saturated heterocycles. The lowest BCUT2D eigenvalue weighted by Gasteiger charge is -2.44. The first-order valence-corrected chi connectivity index (χ1v) is 7.35. The normalized spacial score (nSPS) is 23.5. The van der Waals surface area contributed by atoms with Gasteiger partial charge in [-0.05, 0) is 40.5 Å². The standard InChI is InChI=1S/C16H28N2/c1-14(2)17-12-8-15(9-13-17)16(3,4)18-10-6-5-7-11-18/h5-6,8,14H,7,9-13H2,1-4H3. The third kappa shape index (κ3) is 2.86. The highest BCUT2D eigenvalue weighted by Gasteiger charge is 2.32. The van der Waals surface area contributed by atoms with Crippen LogP contribution in [-0.4, -0.2) is 47.6 Å². The molecule has 0 aromatic rings. The Morgan fingerprint density at radius 2 is 1.89 bits per heavy atom. The summed E-state index contributed by atoms with van der Waals surface area (Å²) in [5.41, 5.74) is 1.86. The molecule has 102 valence electrons. The van der Waals surface area contributed by atoms with Gasteiger partial charge in [0.25, 0.3) is 0 Å². The monoisotopic (exact) mass is 248 g/mol. The van der Waals surface area contributed by atoms with Gasteiger partial charge in [0, 0.05) is 37.8 Å². The molecular weight excluding hydrogens is 220 g/mol. The molecule has 0 aromatic heterocycles. The van der Waals surface area contributed by atoms with Gasteiger partial charge in [0.05, 0.1) is 0 Å². The van der Waals surface area contributed by atoms with Crippen LogP contribution in [0.3, 0.4) is 0 Å². The molecule has 2 heteroatoms. The fraction of sp³-hybridized carbons (Fsp3) is 0.750. The van der Waals surface area contributed by atoms with Crippen LogP contribution in [0.15, 0.2) is 23.8 Å². The molecule has 0 radical (unpaired) electrons. The van der Waals surface area contributed by atoms with Gasteiger partial charge in [-0.3, -0.25) is 9.80 Å². The Balaban J connectivity index is 2.04. The maximum atomic E-state index is 2.61. The van der Waals surface area contributed by atoms with E-state index in [1.54, 1.807) is 5.57 Å². The summed E-state index contributed by atoms with van der Waals surface area (Å²) < 4.78 is 0. The summed E-state index contributed by atoms with van der Waals surface area (Å²) in [6.45, 7) is 14.0. The Kier molecular flexibility index (Phi) is 4.29. The fourth-order valence-electron chi connectivity index (χ4n) is 3.06. The van der Waals surface area contributed by atoms with Crippen LogP contribution in [-0.2, 0) is 0 Å². The summed E-state index contributed by atoms with van der Waals surface area (Å²) in [5.74, 6) is 0. The Morgan fingerprint density at radius 3 is 2.39 bits per heavy atom. The largest absolute Gasteiger partial charge is 0.297 e. The van der Waals surface area contributed by atoms with Crippen LogP contribution in [0.25, 0.3) is 0 Å². The van der Waals surface area contributed by atoms with Crippen molar-refractivity contribution in [3.63, 3.8) is 0 Å². The van der Waals surface area contributed by atoms with Crippen LogP contribution in [0.5, 0.6) is 0 Å². The second kappa shape index (κ2) is 5.58. The summed E-state index contributed by atoms with van der Waals surface area (Å²) in [4.78, 5) is 5.17. The average Bonchev–Trinajstić information content (AvgIpc) is 2.40. The van der Waals surface area contributed by atoms with E-state index in [-0.39, 0.29) is 5.54 Å². The Labute approximate surface area is 112 Å². The smallest absolute Gasteiger partial charge is 0.0368 e. The maximum absolute atomic E-state index is 2.61. The minimum atomic E-state index is 0.230. The molecule has 0 aromatic carbocycles. The zero-order valence-electron chi connectivity index (χ0n) is 12.4. The first-order valence-electron chi connectivity index (χ1n) is 7.35. The first-order chi connectivity index (χ1) is 8.51. The molecule has 0 unspecified atom stereocenters. The van der Waals surface area contributed by atoms with Crippen molar-refractivity contribution in [3.05, 3.63) is 23.8 Å². The summed E-state index contributed by atoms with van der Waals surface area (Å²) >= 11 is 0. The quantitative estimate of drug-likeness (QED) is 0.708. The molecule has 0 spiro atoms. The van der Waals surface area contributed by atoms with E-state index >= 15 is 0 Å². The van der Waals surface area contributed by atoms with Crippen LogP contribution in [0.2, 0.25) is 0 Å². The van der Waals surface area contributed by atoms with Crippen molar-refractivity contribution in [1.82, 2.24) is 9.80 Å². The molecule has 0 aliphatic carbocycles. The van der Waals surface area contributed by atoms with Crippen LogP contribution in [0, 0.1) is 0 Å². The van der Waals surface area contributed by atoms with E-state index in [2.05, 4.69) is 55.7 Å². The van der Waals surface area contributed by atoms with E-state index in [0.717, 1.165) is 13.1 Å². The van der Waals surface area contributed by atoms with Crippen LogP contribution >= 0.6 is 0 Å². The summed E-state index contributed by atoms with van der Waals surface area (Å²) in [6, 6.07) is 0.670. The second-order valence-corrected chi connectivity index (χ2v) is 6.33. The molecule has 0 N–H and O–H groups in total. The molecular formula is C16H28N2.